The van der Waals surface area contributed by atoms with Gasteiger partial charge in [0, 0.05) is 44.3 Å². The second-order valence-corrected chi connectivity index (χ2v) is 9.39. The summed E-state index contributed by atoms with van der Waals surface area (Å²) < 4.78 is 20.5. The van der Waals surface area contributed by atoms with Gasteiger partial charge in [-0.3, -0.25) is 14.5 Å². The molecule has 35 heavy (non-hydrogen) atoms. The van der Waals surface area contributed by atoms with Crippen molar-refractivity contribution in [2.45, 2.75) is 39.7 Å². The van der Waals surface area contributed by atoms with Crippen LogP contribution in [0.5, 0.6) is 5.75 Å². The Hall–Kier alpha value is -3.52. The quantitative estimate of drug-likeness (QED) is 0.415. The van der Waals surface area contributed by atoms with Crippen molar-refractivity contribution in [1.29, 1.82) is 0 Å². The molecule has 0 atom stereocenters. The summed E-state index contributed by atoms with van der Waals surface area (Å²) in [6.45, 7) is 6.68. The third-order valence-corrected chi connectivity index (χ3v) is 6.80. The summed E-state index contributed by atoms with van der Waals surface area (Å²) >= 11 is 1.21. The third-order valence-electron chi connectivity index (χ3n) is 5.95. The van der Waals surface area contributed by atoms with E-state index in [1.54, 1.807) is 28.5 Å². The molecule has 0 aliphatic carbocycles. The lowest BCUT2D eigenvalue weighted by Crippen LogP contribution is -2.41. The van der Waals surface area contributed by atoms with Gasteiger partial charge in [-0.25, -0.2) is 9.37 Å². The second-order valence-electron chi connectivity index (χ2n) is 8.56. The van der Waals surface area contributed by atoms with Gasteiger partial charge in [0.15, 0.2) is 5.13 Å². The normalized spacial score (nSPS) is 14.3. The summed E-state index contributed by atoms with van der Waals surface area (Å²) in [7, 11) is 0. The van der Waals surface area contributed by atoms with Gasteiger partial charge in [0.25, 0.3) is 0 Å². The molecule has 8 heteroatoms. The standard InChI is InChI=1S/C27H28FN3O3S/c1-18-7-6-8-19(2)26(18)34-22-13-15-30(16-14-22)25(33)12-11-21-17-35-27(29-21)31(20(3)32)24-10-5-4-9-23(24)28/h4-12,17,22H,13-16H2,1-3H3/b12-11+. The van der Waals surface area contributed by atoms with Crippen molar-refractivity contribution < 1.29 is 18.7 Å². The maximum Gasteiger partial charge on any atom is 0.246 e. The number of likely N-dealkylation sites (tertiary alicyclic amines) is 1. The minimum Gasteiger partial charge on any atom is -0.490 e. The number of piperidine rings is 1. The summed E-state index contributed by atoms with van der Waals surface area (Å²) in [6.07, 6.45) is 4.74. The molecular weight excluding hydrogens is 465 g/mol. The average Bonchev–Trinajstić information content (AvgIpc) is 3.30. The number of amides is 2. The van der Waals surface area contributed by atoms with Crippen LogP contribution in [0.2, 0.25) is 0 Å². The summed E-state index contributed by atoms with van der Waals surface area (Å²) in [6, 6.07) is 12.2. The van der Waals surface area contributed by atoms with E-state index >= 15 is 0 Å². The Labute approximate surface area is 208 Å². The molecule has 0 spiro atoms. The molecule has 0 bridgehead atoms. The smallest absolute Gasteiger partial charge is 0.246 e. The minimum atomic E-state index is -0.505. The Balaban J connectivity index is 1.36. The lowest BCUT2D eigenvalue weighted by atomic mass is 10.1. The van der Waals surface area contributed by atoms with E-state index < -0.39 is 5.82 Å². The van der Waals surface area contributed by atoms with Gasteiger partial charge in [0.05, 0.1) is 11.4 Å². The fourth-order valence-electron chi connectivity index (χ4n) is 4.10. The van der Waals surface area contributed by atoms with E-state index in [-0.39, 0.29) is 23.6 Å². The number of carbonyl (C=O) groups is 2. The molecule has 182 valence electrons. The first-order valence-electron chi connectivity index (χ1n) is 11.5. The molecule has 6 nitrogen and oxygen atoms in total. The first kappa shape index (κ1) is 24.6. The number of aromatic nitrogens is 1. The Kier molecular flexibility index (Phi) is 7.60. The highest BCUT2D eigenvalue weighted by Crippen LogP contribution is 2.31. The number of carbonyl (C=O) groups excluding carboxylic acids is 2. The summed E-state index contributed by atoms with van der Waals surface area (Å²) in [4.78, 5) is 32.4. The molecule has 1 aromatic heterocycles. The van der Waals surface area contributed by atoms with Crippen LogP contribution in [0, 0.1) is 19.7 Å². The Morgan fingerprint density at radius 3 is 2.46 bits per heavy atom. The number of hydrogen-bond donors (Lipinski definition) is 0. The van der Waals surface area contributed by atoms with Crippen molar-refractivity contribution in [2.24, 2.45) is 0 Å². The first-order valence-corrected chi connectivity index (χ1v) is 12.4. The Morgan fingerprint density at radius 2 is 1.80 bits per heavy atom. The number of ether oxygens (including phenoxy) is 1. The highest BCUT2D eigenvalue weighted by molar-refractivity contribution is 7.14. The number of benzene rings is 2. The lowest BCUT2D eigenvalue weighted by Gasteiger charge is -2.32. The van der Waals surface area contributed by atoms with Crippen LogP contribution in [-0.4, -0.2) is 40.9 Å². The SMILES string of the molecule is CC(=O)N(c1nc(/C=C/C(=O)N2CCC(Oc3c(C)cccc3C)CC2)cs1)c1ccccc1F. The van der Waals surface area contributed by atoms with Gasteiger partial charge in [-0.1, -0.05) is 30.3 Å². The summed E-state index contributed by atoms with van der Waals surface area (Å²) in [5.74, 6) is -0.00808. The fraction of sp³-hybridized carbons (Fsp3) is 0.296. The van der Waals surface area contributed by atoms with Crippen molar-refractivity contribution in [3.8, 4) is 5.75 Å². The molecule has 0 N–H and O–H groups in total. The third kappa shape index (κ3) is 5.77. The van der Waals surface area contributed by atoms with Crippen molar-refractivity contribution in [3.63, 3.8) is 0 Å². The predicted octanol–water partition coefficient (Wildman–Crippen LogP) is 5.67. The Morgan fingerprint density at radius 1 is 1.11 bits per heavy atom. The number of halogens is 1. The maximum absolute atomic E-state index is 14.3. The van der Waals surface area contributed by atoms with Crippen LogP contribution in [0.1, 0.15) is 36.6 Å². The molecule has 1 aliphatic rings. The van der Waals surface area contributed by atoms with E-state index in [0.29, 0.717) is 23.9 Å². The van der Waals surface area contributed by atoms with E-state index in [1.165, 1.54) is 41.4 Å². The number of rotatable bonds is 6. The first-order chi connectivity index (χ1) is 16.8. The molecule has 1 saturated heterocycles. The number of para-hydroxylation sites is 2. The molecule has 0 unspecified atom stereocenters. The van der Waals surface area contributed by atoms with Gasteiger partial charge in [0.1, 0.15) is 17.7 Å². The molecule has 2 amide bonds. The molecule has 4 rings (SSSR count). The second kappa shape index (κ2) is 10.8. The molecule has 3 aromatic rings. The minimum absolute atomic E-state index is 0.0832. The topological polar surface area (TPSA) is 62.7 Å². The zero-order valence-corrected chi connectivity index (χ0v) is 20.8. The zero-order chi connectivity index (χ0) is 24.9. The molecule has 0 saturated carbocycles. The maximum atomic E-state index is 14.3. The van der Waals surface area contributed by atoms with Crippen LogP contribution in [-0.2, 0) is 9.59 Å². The lowest BCUT2D eigenvalue weighted by molar-refractivity contribution is -0.127. The monoisotopic (exact) mass is 493 g/mol. The van der Waals surface area contributed by atoms with Crippen molar-refractivity contribution >= 4 is 40.0 Å². The van der Waals surface area contributed by atoms with Crippen LogP contribution in [0.15, 0.2) is 53.9 Å². The summed E-state index contributed by atoms with van der Waals surface area (Å²) in [5.41, 5.74) is 2.92. The van der Waals surface area contributed by atoms with E-state index in [4.69, 9.17) is 4.74 Å². The van der Waals surface area contributed by atoms with Crippen molar-refractivity contribution in [2.75, 3.05) is 18.0 Å². The largest absolute Gasteiger partial charge is 0.490 e. The zero-order valence-electron chi connectivity index (χ0n) is 20.0. The van der Waals surface area contributed by atoms with Gasteiger partial charge in [-0.05, 0) is 43.2 Å². The Bertz CT molecular complexity index is 1230. The molecule has 2 aromatic carbocycles. The van der Waals surface area contributed by atoms with Crippen LogP contribution < -0.4 is 9.64 Å². The van der Waals surface area contributed by atoms with Gasteiger partial charge >= 0.3 is 0 Å². The number of anilines is 2. The van der Waals surface area contributed by atoms with Crippen LogP contribution in [0.25, 0.3) is 6.08 Å². The highest BCUT2D eigenvalue weighted by atomic mass is 32.1. The molecule has 1 aliphatic heterocycles. The fourth-order valence-corrected chi connectivity index (χ4v) is 4.95. The number of aryl methyl sites for hydroxylation is 2. The number of thiazole rings is 1. The van der Waals surface area contributed by atoms with Crippen molar-refractivity contribution in [1.82, 2.24) is 9.88 Å². The van der Waals surface area contributed by atoms with Gasteiger partial charge in [-0.15, -0.1) is 11.3 Å². The van der Waals surface area contributed by atoms with E-state index in [0.717, 1.165) is 29.7 Å². The van der Waals surface area contributed by atoms with Gasteiger partial charge < -0.3 is 9.64 Å². The van der Waals surface area contributed by atoms with Gasteiger partial charge in [0.2, 0.25) is 11.8 Å². The van der Waals surface area contributed by atoms with Crippen LogP contribution in [0.4, 0.5) is 15.2 Å². The summed E-state index contributed by atoms with van der Waals surface area (Å²) in [5, 5.41) is 2.08. The molecule has 2 heterocycles. The predicted molar refractivity (Wildman–Crippen MR) is 137 cm³/mol. The molecular formula is C27H28FN3O3S. The molecule has 1 fully saturated rings. The number of nitrogens with zero attached hydrogens (tertiary/aromatic N) is 3. The van der Waals surface area contributed by atoms with Gasteiger partial charge in [-0.2, -0.15) is 0 Å². The number of hydrogen-bond acceptors (Lipinski definition) is 5. The van der Waals surface area contributed by atoms with E-state index in [9.17, 15) is 14.0 Å². The van der Waals surface area contributed by atoms with E-state index in [1.807, 2.05) is 32.0 Å². The van der Waals surface area contributed by atoms with E-state index in [2.05, 4.69) is 4.98 Å². The van der Waals surface area contributed by atoms with Crippen molar-refractivity contribution in [3.05, 3.63) is 76.6 Å². The molecule has 0 radical (unpaired) electrons. The van der Waals surface area contributed by atoms with Crippen LogP contribution in [0.3, 0.4) is 0 Å². The average molecular weight is 494 g/mol. The highest BCUT2D eigenvalue weighted by Gasteiger charge is 2.24. The van der Waals surface area contributed by atoms with Crippen LogP contribution >= 0.6 is 11.3 Å².